The van der Waals surface area contributed by atoms with Gasteiger partial charge in [0.05, 0.1) is 35.8 Å². The highest BCUT2D eigenvalue weighted by Crippen LogP contribution is 2.41. The van der Waals surface area contributed by atoms with Gasteiger partial charge in [0.25, 0.3) is 0 Å². The normalized spacial score (nSPS) is 19.1. The van der Waals surface area contributed by atoms with Gasteiger partial charge in [-0.25, -0.2) is 14.6 Å². The number of nitrogens with zero attached hydrogens (tertiary/aromatic N) is 4. The molecule has 2 aliphatic heterocycles. The molecule has 40 heavy (non-hydrogen) atoms. The number of carbonyl (C=O) groups is 2. The number of fused-ring (bicyclic) bond motifs is 1. The molecule has 2 amide bonds. The summed E-state index contributed by atoms with van der Waals surface area (Å²) in [5.74, 6) is -0.673. The van der Waals surface area contributed by atoms with Crippen LogP contribution in [0, 0.1) is 0 Å². The van der Waals surface area contributed by atoms with E-state index in [4.69, 9.17) is 16.3 Å². The number of benzene rings is 2. The third kappa shape index (κ3) is 4.90. The number of methoxy groups -OCH3 is 1. The molecule has 12 heteroatoms. The SMILES string of the molecule is CC[C@@H]1CN2C(=O)N(c3ccc(Cl)cc3C(F)(F)F)C[C@@H]2CN1c1ccc(-c2ccccc2OC)nc1C(=O)O. The lowest BCUT2D eigenvalue weighted by atomic mass is 10.0. The summed E-state index contributed by atoms with van der Waals surface area (Å²) in [4.78, 5) is 34.8. The fourth-order valence-electron chi connectivity index (χ4n) is 5.45. The van der Waals surface area contributed by atoms with Crippen LogP contribution in [-0.2, 0) is 6.18 Å². The number of alkyl halides is 3. The summed E-state index contributed by atoms with van der Waals surface area (Å²) >= 11 is 5.84. The van der Waals surface area contributed by atoms with Crippen LogP contribution in [0.5, 0.6) is 5.75 Å². The van der Waals surface area contributed by atoms with E-state index in [-0.39, 0.29) is 42.1 Å². The number of halogens is 4. The predicted octanol–water partition coefficient (Wildman–Crippen LogP) is 6.04. The summed E-state index contributed by atoms with van der Waals surface area (Å²) in [6.07, 6.45) is -4.13. The largest absolute Gasteiger partial charge is 0.496 e. The number of aromatic carboxylic acids is 1. The Morgan fingerprint density at radius 1 is 1.07 bits per heavy atom. The Morgan fingerprint density at radius 2 is 1.80 bits per heavy atom. The van der Waals surface area contributed by atoms with E-state index >= 15 is 0 Å². The quantitative estimate of drug-likeness (QED) is 0.386. The Morgan fingerprint density at radius 3 is 2.48 bits per heavy atom. The van der Waals surface area contributed by atoms with Crippen LogP contribution in [0.25, 0.3) is 11.3 Å². The molecule has 0 spiro atoms. The first-order chi connectivity index (χ1) is 19.0. The maximum atomic E-state index is 13.8. The molecule has 5 rings (SSSR count). The monoisotopic (exact) mass is 574 g/mol. The minimum atomic E-state index is -4.70. The van der Waals surface area contributed by atoms with Crippen LogP contribution in [0.15, 0.2) is 54.6 Å². The smallest absolute Gasteiger partial charge is 0.418 e. The van der Waals surface area contributed by atoms with Gasteiger partial charge in [-0.3, -0.25) is 4.90 Å². The summed E-state index contributed by atoms with van der Waals surface area (Å²) in [6, 6.07) is 12.6. The predicted molar refractivity (Wildman–Crippen MR) is 144 cm³/mol. The summed E-state index contributed by atoms with van der Waals surface area (Å²) in [5, 5.41) is 10.0. The maximum absolute atomic E-state index is 13.8. The Hall–Kier alpha value is -3.99. The van der Waals surface area contributed by atoms with Gasteiger partial charge in [-0.2, -0.15) is 13.2 Å². The first-order valence-corrected chi connectivity index (χ1v) is 13.0. The number of piperazine rings is 1. The zero-order valence-electron chi connectivity index (χ0n) is 21.7. The molecule has 210 valence electrons. The number of pyridine rings is 1. The third-order valence-electron chi connectivity index (χ3n) is 7.36. The van der Waals surface area contributed by atoms with Crippen molar-refractivity contribution in [2.24, 2.45) is 0 Å². The van der Waals surface area contributed by atoms with Crippen LogP contribution in [0.1, 0.15) is 29.4 Å². The van der Waals surface area contributed by atoms with E-state index in [0.717, 1.165) is 11.0 Å². The molecule has 2 aliphatic rings. The number of carboxylic acids is 1. The topological polar surface area (TPSA) is 86.2 Å². The van der Waals surface area contributed by atoms with Crippen molar-refractivity contribution in [3.8, 4) is 17.0 Å². The highest BCUT2D eigenvalue weighted by molar-refractivity contribution is 6.30. The van der Waals surface area contributed by atoms with E-state index in [1.807, 2.05) is 11.8 Å². The number of amides is 2. The van der Waals surface area contributed by atoms with Crippen LogP contribution in [-0.4, -0.2) is 65.8 Å². The van der Waals surface area contributed by atoms with Crippen LogP contribution < -0.4 is 14.5 Å². The van der Waals surface area contributed by atoms with Gasteiger partial charge in [0.2, 0.25) is 0 Å². The number of para-hydroxylation sites is 1. The Labute approximate surface area is 233 Å². The van der Waals surface area contributed by atoms with Gasteiger partial charge in [-0.1, -0.05) is 30.7 Å². The van der Waals surface area contributed by atoms with Gasteiger partial charge in [-0.15, -0.1) is 0 Å². The average molecular weight is 575 g/mol. The minimum absolute atomic E-state index is 0.00557. The molecule has 3 aromatic rings. The van der Waals surface area contributed by atoms with Crippen molar-refractivity contribution in [1.82, 2.24) is 9.88 Å². The van der Waals surface area contributed by atoms with Gasteiger partial charge >= 0.3 is 18.2 Å². The lowest BCUT2D eigenvalue weighted by Crippen LogP contribution is -2.57. The number of aromatic nitrogens is 1. The summed E-state index contributed by atoms with van der Waals surface area (Å²) in [6.45, 7) is 2.37. The lowest BCUT2D eigenvalue weighted by Gasteiger charge is -2.44. The molecule has 0 saturated carbocycles. The fourth-order valence-corrected chi connectivity index (χ4v) is 5.62. The number of carbonyl (C=O) groups excluding carboxylic acids is 1. The Balaban J connectivity index is 1.49. The second-order valence-corrected chi connectivity index (χ2v) is 10.1. The summed E-state index contributed by atoms with van der Waals surface area (Å²) < 4.78 is 46.8. The lowest BCUT2D eigenvalue weighted by molar-refractivity contribution is -0.137. The molecule has 2 saturated heterocycles. The molecule has 2 atom stereocenters. The fraction of sp³-hybridized carbons (Fsp3) is 0.321. The first-order valence-electron chi connectivity index (χ1n) is 12.6. The molecular weight excluding hydrogens is 549 g/mol. The second-order valence-electron chi connectivity index (χ2n) is 9.64. The molecule has 0 bridgehead atoms. The van der Waals surface area contributed by atoms with Crippen molar-refractivity contribution in [3.63, 3.8) is 0 Å². The number of urea groups is 1. The Bertz CT molecular complexity index is 1470. The highest BCUT2D eigenvalue weighted by Gasteiger charge is 2.47. The molecule has 2 fully saturated rings. The van der Waals surface area contributed by atoms with Gasteiger partial charge in [-0.05, 0) is 48.9 Å². The van der Waals surface area contributed by atoms with Crippen LogP contribution in [0.3, 0.4) is 0 Å². The van der Waals surface area contributed by atoms with E-state index in [9.17, 15) is 27.9 Å². The van der Waals surface area contributed by atoms with Crippen LogP contribution in [0.2, 0.25) is 5.02 Å². The van der Waals surface area contributed by atoms with E-state index in [1.54, 1.807) is 41.3 Å². The number of hydrogen-bond donors (Lipinski definition) is 1. The standard InChI is InChI=1S/C28H26ClF3N4O4/c1-3-17-13-35-18(15-36(27(35)39)22-10-8-16(29)12-20(22)28(30,31)32)14-34(17)23-11-9-21(33-25(23)26(37)38)19-6-4-5-7-24(19)40-2/h4-12,17-18H,3,13-15H2,1-2H3,(H,37,38)/t17-,18+/m1/s1. The number of hydrogen-bond acceptors (Lipinski definition) is 5. The summed E-state index contributed by atoms with van der Waals surface area (Å²) in [7, 11) is 1.52. The van der Waals surface area contributed by atoms with Crippen molar-refractivity contribution in [2.45, 2.75) is 31.6 Å². The average Bonchev–Trinajstić information content (AvgIpc) is 3.26. The van der Waals surface area contributed by atoms with E-state index in [1.165, 1.54) is 19.2 Å². The number of ether oxygens (including phenoxy) is 1. The molecule has 1 N–H and O–H groups in total. The van der Waals surface area contributed by atoms with E-state index < -0.39 is 29.8 Å². The van der Waals surface area contributed by atoms with Gasteiger partial charge in [0, 0.05) is 36.3 Å². The van der Waals surface area contributed by atoms with Gasteiger partial charge < -0.3 is 19.6 Å². The van der Waals surface area contributed by atoms with Crippen LogP contribution in [0.4, 0.5) is 29.3 Å². The Kier molecular flexibility index (Phi) is 7.26. The molecule has 0 unspecified atom stereocenters. The summed E-state index contributed by atoms with van der Waals surface area (Å²) in [5.41, 5.74) is 0.0391. The van der Waals surface area contributed by atoms with Crippen LogP contribution >= 0.6 is 11.6 Å². The number of carboxylic acid groups (broad SMARTS) is 1. The first kappa shape index (κ1) is 27.6. The van der Waals surface area contributed by atoms with Gasteiger partial charge in [0.1, 0.15) is 5.75 Å². The number of anilines is 2. The van der Waals surface area contributed by atoms with Crippen molar-refractivity contribution in [2.75, 3.05) is 36.5 Å². The third-order valence-corrected chi connectivity index (χ3v) is 7.60. The molecule has 3 heterocycles. The van der Waals surface area contributed by atoms with Crippen molar-refractivity contribution in [1.29, 1.82) is 0 Å². The highest BCUT2D eigenvalue weighted by atomic mass is 35.5. The molecule has 1 aromatic heterocycles. The maximum Gasteiger partial charge on any atom is 0.418 e. The molecule has 8 nitrogen and oxygen atoms in total. The zero-order chi connectivity index (χ0) is 28.8. The van der Waals surface area contributed by atoms with E-state index in [2.05, 4.69) is 4.98 Å². The molecule has 0 radical (unpaired) electrons. The van der Waals surface area contributed by atoms with Crippen molar-refractivity contribution >= 4 is 35.0 Å². The molecule has 0 aliphatic carbocycles. The number of rotatable bonds is 6. The zero-order valence-corrected chi connectivity index (χ0v) is 22.4. The van der Waals surface area contributed by atoms with Crippen molar-refractivity contribution in [3.05, 3.63) is 70.9 Å². The van der Waals surface area contributed by atoms with Crippen molar-refractivity contribution < 1.29 is 32.6 Å². The minimum Gasteiger partial charge on any atom is -0.496 e. The van der Waals surface area contributed by atoms with E-state index in [0.29, 0.717) is 29.1 Å². The second kappa shape index (κ2) is 10.5. The molecular formula is C28H26ClF3N4O4. The molecule has 2 aromatic carbocycles. The van der Waals surface area contributed by atoms with Gasteiger partial charge in [0.15, 0.2) is 5.69 Å².